The monoisotopic (exact) mass is 548 g/mol. The van der Waals surface area contributed by atoms with Crippen LogP contribution in [-0.4, -0.2) is 57.4 Å². The lowest BCUT2D eigenvalue weighted by Gasteiger charge is -2.43. The molecule has 0 fully saturated rings. The fourth-order valence-corrected chi connectivity index (χ4v) is 6.96. The number of quaternary nitrogens is 2. The van der Waals surface area contributed by atoms with E-state index in [0.29, 0.717) is 12.1 Å². The van der Waals surface area contributed by atoms with Crippen molar-refractivity contribution >= 4 is 0 Å². The Morgan fingerprint density at radius 1 is 0.610 bits per heavy atom. The van der Waals surface area contributed by atoms with E-state index in [-0.39, 0.29) is 0 Å². The van der Waals surface area contributed by atoms with Crippen LogP contribution >= 0.6 is 0 Å². The Kier molecular flexibility index (Phi) is 7.39. The van der Waals surface area contributed by atoms with Gasteiger partial charge in [-0.25, -0.2) is 0 Å². The topological polar surface area (TPSA) is 18.5 Å². The molecule has 2 aliphatic rings. The van der Waals surface area contributed by atoms with Crippen LogP contribution in [0.4, 0.5) is 0 Å². The minimum absolute atomic E-state index is 0.410. The maximum Gasteiger partial charge on any atom is 0.169 e. The van der Waals surface area contributed by atoms with Gasteiger partial charge in [0.25, 0.3) is 0 Å². The van der Waals surface area contributed by atoms with Gasteiger partial charge in [0.05, 0.1) is 48.4 Å². The van der Waals surface area contributed by atoms with Crippen molar-refractivity contribution in [2.45, 2.75) is 37.8 Å². The summed E-state index contributed by atoms with van der Waals surface area (Å²) in [6.45, 7) is 2.32. The van der Waals surface area contributed by atoms with Crippen LogP contribution in [0.2, 0.25) is 0 Å². The van der Waals surface area contributed by atoms with Crippen LogP contribution < -0.4 is 9.47 Å². The second-order valence-electron chi connectivity index (χ2n) is 13.1. The number of likely N-dealkylation sites (N-methyl/N-ethyl adjacent to an activating group) is 2. The van der Waals surface area contributed by atoms with Crippen molar-refractivity contribution in [2.24, 2.45) is 0 Å². The average Bonchev–Trinajstić information content (AvgIpc) is 2.97. The van der Waals surface area contributed by atoms with Gasteiger partial charge in [-0.1, -0.05) is 66.7 Å². The Balaban J connectivity index is 1.21. The van der Waals surface area contributed by atoms with E-state index in [9.17, 15) is 0 Å². The van der Waals surface area contributed by atoms with Crippen LogP contribution in [0.1, 0.15) is 45.5 Å². The number of methoxy groups -OCH3 is 1. The van der Waals surface area contributed by atoms with Gasteiger partial charge in [0.1, 0.15) is 17.8 Å². The van der Waals surface area contributed by atoms with Gasteiger partial charge in [-0.3, -0.25) is 0 Å². The molecule has 6 rings (SSSR count). The summed E-state index contributed by atoms with van der Waals surface area (Å²) < 4.78 is 14.2. The summed E-state index contributed by atoms with van der Waals surface area (Å²) in [6, 6.07) is 33.9. The molecule has 0 saturated heterocycles. The summed E-state index contributed by atoms with van der Waals surface area (Å²) in [7, 11) is 11.2. The van der Waals surface area contributed by atoms with E-state index in [1.54, 1.807) is 7.11 Å². The molecule has 0 radical (unpaired) electrons. The van der Waals surface area contributed by atoms with Gasteiger partial charge >= 0.3 is 0 Å². The smallest absolute Gasteiger partial charge is 0.169 e. The van der Waals surface area contributed by atoms with Crippen molar-refractivity contribution in [1.82, 2.24) is 0 Å². The van der Waals surface area contributed by atoms with Crippen molar-refractivity contribution in [3.8, 4) is 17.2 Å². The zero-order valence-corrected chi connectivity index (χ0v) is 25.3. The molecule has 0 bridgehead atoms. The van der Waals surface area contributed by atoms with Crippen molar-refractivity contribution in [3.05, 3.63) is 124 Å². The highest BCUT2D eigenvalue weighted by molar-refractivity contribution is 5.46. The van der Waals surface area contributed by atoms with E-state index in [2.05, 4.69) is 113 Å². The Bertz CT molecular complexity index is 1520. The minimum Gasteiger partial charge on any atom is -0.493 e. The largest absolute Gasteiger partial charge is 0.493 e. The third-order valence-corrected chi connectivity index (χ3v) is 9.67. The number of ether oxygens (including phenoxy) is 2. The lowest BCUT2D eigenvalue weighted by molar-refractivity contribution is -0.923. The molecule has 212 valence electrons. The number of benzene rings is 4. The lowest BCUT2D eigenvalue weighted by atomic mass is 9.87. The van der Waals surface area contributed by atoms with Gasteiger partial charge in [0.15, 0.2) is 11.5 Å². The zero-order valence-electron chi connectivity index (χ0n) is 25.3. The Morgan fingerprint density at radius 2 is 1.12 bits per heavy atom. The van der Waals surface area contributed by atoms with Gasteiger partial charge < -0.3 is 18.4 Å². The summed E-state index contributed by atoms with van der Waals surface area (Å²) >= 11 is 0. The molecule has 2 aliphatic heterocycles. The first-order chi connectivity index (χ1) is 19.7. The molecule has 2 atom stereocenters. The molecule has 4 nitrogen and oxygen atoms in total. The first kappa shape index (κ1) is 27.6. The number of hydrogen-bond donors (Lipinski definition) is 0. The molecule has 0 N–H and O–H groups in total. The van der Waals surface area contributed by atoms with E-state index in [1.807, 2.05) is 6.07 Å². The normalized spacial score (nSPS) is 20.5. The van der Waals surface area contributed by atoms with E-state index < -0.39 is 0 Å². The van der Waals surface area contributed by atoms with E-state index in [1.165, 1.54) is 39.9 Å². The second kappa shape index (κ2) is 11.0. The fraction of sp³-hybridized carbons (Fsp3) is 0.351. The highest BCUT2D eigenvalue weighted by atomic mass is 16.5. The maximum absolute atomic E-state index is 6.46. The van der Waals surface area contributed by atoms with Gasteiger partial charge in [0, 0.05) is 36.8 Å². The Hall–Kier alpha value is -3.60. The Morgan fingerprint density at radius 3 is 1.68 bits per heavy atom. The van der Waals surface area contributed by atoms with Crippen LogP contribution in [0.15, 0.2) is 91.0 Å². The third-order valence-electron chi connectivity index (χ3n) is 9.67. The molecule has 0 saturated carbocycles. The van der Waals surface area contributed by atoms with Gasteiger partial charge in [-0.15, -0.1) is 0 Å². The molecule has 4 aromatic carbocycles. The van der Waals surface area contributed by atoms with Gasteiger partial charge in [-0.05, 0) is 46.5 Å². The number of fused-ring (bicyclic) bond motifs is 2. The molecule has 41 heavy (non-hydrogen) atoms. The zero-order chi connectivity index (χ0) is 28.6. The first-order valence-corrected chi connectivity index (χ1v) is 15.0. The molecule has 0 aromatic heterocycles. The van der Waals surface area contributed by atoms with Gasteiger partial charge in [-0.2, -0.15) is 0 Å². The molecular formula is C37H44N2O2+2. The second-order valence-corrected chi connectivity index (χ2v) is 13.1. The quantitative estimate of drug-likeness (QED) is 0.225. The molecule has 0 unspecified atom stereocenters. The van der Waals surface area contributed by atoms with Crippen LogP contribution in [0.5, 0.6) is 17.2 Å². The summed E-state index contributed by atoms with van der Waals surface area (Å²) in [5.74, 6) is 2.36. The molecular weight excluding hydrogens is 504 g/mol. The van der Waals surface area contributed by atoms with Crippen molar-refractivity contribution in [3.63, 3.8) is 0 Å². The van der Waals surface area contributed by atoms with Crippen LogP contribution in [0.25, 0.3) is 0 Å². The van der Waals surface area contributed by atoms with Crippen molar-refractivity contribution in [2.75, 3.05) is 48.4 Å². The number of nitrogens with zero attached hydrogens (tertiary/aromatic N) is 2. The predicted octanol–water partition coefficient (Wildman–Crippen LogP) is 7.32. The van der Waals surface area contributed by atoms with E-state index >= 15 is 0 Å². The van der Waals surface area contributed by atoms with Crippen molar-refractivity contribution in [1.29, 1.82) is 0 Å². The highest BCUT2D eigenvalue weighted by Crippen LogP contribution is 2.39. The van der Waals surface area contributed by atoms with Crippen LogP contribution in [0, 0.1) is 0 Å². The number of hydrogen-bond acceptors (Lipinski definition) is 2. The minimum atomic E-state index is 0.410. The summed E-state index contributed by atoms with van der Waals surface area (Å²) in [6.07, 6.45) is 4.26. The molecule has 0 amide bonds. The van der Waals surface area contributed by atoms with Crippen LogP contribution in [-0.2, 0) is 25.7 Å². The van der Waals surface area contributed by atoms with E-state index in [4.69, 9.17) is 9.47 Å². The molecule has 0 spiro atoms. The van der Waals surface area contributed by atoms with Gasteiger partial charge in [0.2, 0.25) is 0 Å². The summed E-state index contributed by atoms with van der Waals surface area (Å²) in [5.41, 5.74) is 8.55. The summed E-state index contributed by atoms with van der Waals surface area (Å²) in [5, 5.41) is 0. The third kappa shape index (κ3) is 5.64. The number of rotatable bonds is 7. The van der Waals surface area contributed by atoms with Crippen molar-refractivity contribution < 1.29 is 18.4 Å². The van der Waals surface area contributed by atoms with Crippen LogP contribution in [0.3, 0.4) is 0 Å². The highest BCUT2D eigenvalue weighted by Gasteiger charge is 2.36. The standard InChI is InChI=1S/C37H44N2O2/c1-38(2)22-20-29-10-6-8-12-32(29)34(38)24-27-14-17-31(18-15-27)41-37-26-28(16-19-36(37)40-5)25-35-33-13-9-7-11-30(33)21-23-39(35,3)4/h6-19,26,34-35H,20-25H2,1-5H3/q+2/t34-,35+/m1/s1. The molecule has 2 heterocycles. The first-order valence-electron chi connectivity index (χ1n) is 15.0. The Labute approximate surface area is 246 Å². The molecule has 4 heteroatoms. The summed E-state index contributed by atoms with van der Waals surface area (Å²) in [4.78, 5) is 0. The van der Waals surface area contributed by atoms with E-state index in [0.717, 1.165) is 58.4 Å². The average molecular weight is 549 g/mol. The predicted molar refractivity (Wildman–Crippen MR) is 167 cm³/mol. The SMILES string of the molecule is COc1ccc(C[C@H]2c3ccccc3CC[N+]2(C)C)cc1Oc1ccc(C[C@@H]2c3ccccc3CC[N+]2(C)C)cc1. The molecule has 4 aromatic rings. The lowest BCUT2D eigenvalue weighted by Crippen LogP contribution is -2.48. The molecule has 0 aliphatic carbocycles. The fourth-order valence-electron chi connectivity index (χ4n) is 6.96. The maximum atomic E-state index is 6.46.